The van der Waals surface area contributed by atoms with Crippen LogP contribution in [0.25, 0.3) is 0 Å². The number of aliphatic hydroxyl groups is 1. The van der Waals surface area contributed by atoms with Crippen LogP contribution in [0.1, 0.15) is 19.8 Å². The smallest absolute Gasteiger partial charge is 0.191 e. The summed E-state index contributed by atoms with van der Waals surface area (Å²) >= 11 is 2.24. The first-order valence-corrected chi connectivity index (χ1v) is 8.74. The predicted molar refractivity (Wildman–Crippen MR) is 113 cm³/mol. The number of ether oxygens (including phenoxy) is 1. The molecule has 1 atom stereocenters. The summed E-state index contributed by atoms with van der Waals surface area (Å²) < 4.78 is 6.69. The van der Waals surface area contributed by atoms with Crippen LogP contribution in [0.2, 0.25) is 0 Å². The van der Waals surface area contributed by atoms with Crippen molar-refractivity contribution >= 4 is 52.5 Å². The Morgan fingerprint density at radius 2 is 2.00 bits per heavy atom. The van der Waals surface area contributed by atoms with E-state index >= 15 is 0 Å². The maximum Gasteiger partial charge on any atom is 0.191 e. The van der Waals surface area contributed by atoms with Crippen LogP contribution < -0.4 is 10.5 Å². The molecule has 0 aromatic heterocycles. The molecule has 1 heterocycles. The van der Waals surface area contributed by atoms with Crippen molar-refractivity contribution in [3.05, 3.63) is 27.8 Å². The zero-order valence-electron chi connectivity index (χ0n) is 13.3. The van der Waals surface area contributed by atoms with Crippen LogP contribution >= 0.6 is 46.6 Å². The molecule has 7 heteroatoms. The number of rotatable bonds is 5. The summed E-state index contributed by atoms with van der Waals surface area (Å²) in [5.74, 6) is 2.04. The lowest BCUT2D eigenvalue weighted by Crippen LogP contribution is -2.43. The highest BCUT2D eigenvalue weighted by Gasteiger charge is 2.17. The number of piperidine rings is 1. The van der Waals surface area contributed by atoms with Gasteiger partial charge in [0.2, 0.25) is 0 Å². The van der Waals surface area contributed by atoms with Gasteiger partial charge in [-0.15, -0.1) is 24.0 Å². The number of aliphatic imine (C=N–C) groups is 1. The fraction of sp³-hybridized carbons (Fsp3) is 0.562. The molecule has 23 heavy (non-hydrogen) atoms. The van der Waals surface area contributed by atoms with Gasteiger partial charge in [-0.3, -0.25) is 4.99 Å². The molecule has 0 spiro atoms. The minimum Gasteiger partial charge on any atom is -0.491 e. The highest BCUT2D eigenvalue weighted by atomic mass is 127. The van der Waals surface area contributed by atoms with Crippen LogP contribution in [0.5, 0.6) is 5.75 Å². The number of hydrogen-bond donors (Lipinski definition) is 2. The molecule has 3 N–H and O–H groups in total. The Kier molecular flexibility index (Phi) is 9.52. The highest BCUT2D eigenvalue weighted by Crippen LogP contribution is 2.16. The number of guanidine groups is 1. The van der Waals surface area contributed by atoms with Gasteiger partial charge in [0.05, 0.1) is 6.54 Å². The normalized spacial score (nSPS) is 17.5. The lowest BCUT2D eigenvalue weighted by molar-refractivity contribution is 0.114. The minimum atomic E-state index is -0.651. The van der Waals surface area contributed by atoms with Crippen molar-refractivity contribution in [3.8, 4) is 5.75 Å². The third-order valence-electron chi connectivity index (χ3n) is 3.83. The molecule has 2 rings (SSSR count). The van der Waals surface area contributed by atoms with Crippen LogP contribution in [0, 0.1) is 9.49 Å². The Labute approximate surface area is 168 Å². The Hall–Kier alpha value is -0.290. The molecule has 1 aliphatic heterocycles. The number of aliphatic hydroxyl groups excluding tert-OH is 1. The maximum atomic E-state index is 9.95. The van der Waals surface area contributed by atoms with Crippen molar-refractivity contribution in [1.82, 2.24) is 4.90 Å². The monoisotopic (exact) mass is 545 g/mol. The molecule has 0 amide bonds. The van der Waals surface area contributed by atoms with Crippen molar-refractivity contribution in [2.75, 3.05) is 26.2 Å². The number of hydrogen-bond acceptors (Lipinski definition) is 3. The number of benzene rings is 1. The van der Waals surface area contributed by atoms with Crippen LogP contribution in [0.3, 0.4) is 0 Å². The van der Waals surface area contributed by atoms with E-state index in [-0.39, 0.29) is 37.1 Å². The van der Waals surface area contributed by atoms with E-state index in [1.807, 2.05) is 24.3 Å². The van der Waals surface area contributed by atoms with E-state index in [2.05, 4.69) is 39.4 Å². The molecule has 0 radical (unpaired) electrons. The first kappa shape index (κ1) is 20.8. The molecule has 1 unspecified atom stereocenters. The van der Waals surface area contributed by atoms with Crippen LogP contribution in [-0.4, -0.2) is 48.3 Å². The quantitative estimate of drug-likeness (QED) is 0.340. The third kappa shape index (κ3) is 7.42. The van der Waals surface area contributed by atoms with Gasteiger partial charge in [0.25, 0.3) is 0 Å². The molecule has 1 fully saturated rings. The van der Waals surface area contributed by atoms with Crippen molar-refractivity contribution in [3.63, 3.8) is 0 Å². The van der Waals surface area contributed by atoms with Crippen LogP contribution in [0.15, 0.2) is 29.3 Å². The molecular formula is C16H25I2N3O2. The molecule has 5 nitrogen and oxygen atoms in total. The van der Waals surface area contributed by atoms with Crippen molar-refractivity contribution in [2.45, 2.75) is 25.9 Å². The lowest BCUT2D eigenvalue weighted by Gasteiger charge is -2.31. The number of nitrogens with zero attached hydrogens (tertiary/aromatic N) is 2. The van der Waals surface area contributed by atoms with Gasteiger partial charge < -0.3 is 20.5 Å². The van der Waals surface area contributed by atoms with Gasteiger partial charge in [-0.2, -0.15) is 0 Å². The Balaban J connectivity index is 0.00000264. The van der Waals surface area contributed by atoms with E-state index in [1.165, 1.54) is 0 Å². The average Bonchev–Trinajstić information content (AvgIpc) is 2.52. The van der Waals surface area contributed by atoms with Gasteiger partial charge in [0, 0.05) is 16.7 Å². The van der Waals surface area contributed by atoms with E-state index in [4.69, 9.17) is 10.5 Å². The number of nitrogens with two attached hydrogens (primary N) is 1. The standard InChI is InChI=1S/C16H24IN3O2.HI/c1-12-6-8-20(9-7-12)16(18)19-10-14(21)11-22-15-4-2-13(17)3-5-15;/h2-5,12,14,21H,6-11H2,1H3,(H2,18,19);1H. The second-order valence-corrected chi connectivity index (χ2v) is 7.03. The Morgan fingerprint density at radius 1 is 1.39 bits per heavy atom. The topological polar surface area (TPSA) is 71.1 Å². The molecule has 130 valence electrons. The SMILES string of the molecule is CC1CCN(C(N)=NCC(O)COc2ccc(I)cc2)CC1.I. The number of halogens is 2. The minimum absolute atomic E-state index is 0. The van der Waals surface area contributed by atoms with Gasteiger partial charge >= 0.3 is 0 Å². The Bertz CT molecular complexity index is 489. The van der Waals surface area contributed by atoms with Gasteiger partial charge in [0.1, 0.15) is 18.5 Å². The fourth-order valence-electron chi connectivity index (χ4n) is 2.31. The van der Waals surface area contributed by atoms with Gasteiger partial charge in [-0.25, -0.2) is 0 Å². The molecule has 0 aliphatic carbocycles. The summed E-state index contributed by atoms with van der Waals surface area (Å²) in [5.41, 5.74) is 5.99. The van der Waals surface area contributed by atoms with Crippen LogP contribution in [-0.2, 0) is 0 Å². The van der Waals surface area contributed by atoms with Crippen molar-refractivity contribution < 1.29 is 9.84 Å². The molecule has 1 aromatic carbocycles. The largest absolute Gasteiger partial charge is 0.491 e. The number of likely N-dealkylation sites (tertiary alicyclic amines) is 1. The fourth-order valence-corrected chi connectivity index (χ4v) is 2.67. The van der Waals surface area contributed by atoms with E-state index < -0.39 is 6.10 Å². The van der Waals surface area contributed by atoms with E-state index in [0.29, 0.717) is 5.96 Å². The zero-order valence-corrected chi connectivity index (χ0v) is 17.8. The predicted octanol–water partition coefficient (Wildman–Crippen LogP) is 2.70. The van der Waals surface area contributed by atoms with Crippen LogP contribution in [0.4, 0.5) is 0 Å². The summed E-state index contributed by atoms with van der Waals surface area (Å²) in [7, 11) is 0. The van der Waals surface area contributed by atoms with Crippen molar-refractivity contribution in [1.29, 1.82) is 0 Å². The third-order valence-corrected chi connectivity index (χ3v) is 4.55. The first-order chi connectivity index (χ1) is 10.5. The summed E-state index contributed by atoms with van der Waals surface area (Å²) in [6, 6.07) is 7.72. The molecule has 0 bridgehead atoms. The maximum absolute atomic E-state index is 9.95. The first-order valence-electron chi connectivity index (χ1n) is 7.66. The average molecular weight is 545 g/mol. The second kappa shape index (κ2) is 10.5. The zero-order chi connectivity index (χ0) is 15.9. The summed E-state index contributed by atoms with van der Waals surface area (Å²) in [6.07, 6.45) is 1.64. The van der Waals surface area contributed by atoms with Crippen molar-refractivity contribution in [2.24, 2.45) is 16.6 Å². The summed E-state index contributed by atoms with van der Waals surface area (Å²) in [4.78, 5) is 6.38. The van der Waals surface area contributed by atoms with E-state index in [1.54, 1.807) is 0 Å². The Morgan fingerprint density at radius 3 is 2.61 bits per heavy atom. The molecule has 1 aromatic rings. The molecule has 1 aliphatic rings. The lowest BCUT2D eigenvalue weighted by atomic mass is 10.00. The van der Waals surface area contributed by atoms with Gasteiger partial charge in [-0.1, -0.05) is 6.92 Å². The summed E-state index contributed by atoms with van der Waals surface area (Å²) in [6.45, 7) is 4.64. The van der Waals surface area contributed by atoms with E-state index in [0.717, 1.165) is 41.2 Å². The second-order valence-electron chi connectivity index (χ2n) is 5.79. The summed E-state index contributed by atoms with van der Waals surface area (Å²) in [5, 5.41) is 9.95. The van der Waals surface area contributed by atoms with E-state index in [9.17, 15) is 5.11 Å². The molecule has 1 saturated heterocycles. The van der Waals surface area contributed by atoms with Gasteiger partial charge in [-0.05, 0) is 65.6 Å². The van der Waals surface area contributed by atoms with Gasteiger partial charge in [0.15, 0.2) is 5.96 Å². The molecule has 0 saturated carbocycles. The highest BCUT2D eigenvalue weighted by molar-refractivity contribution is 14.1. The molecular weight excluding hydrogens is 520 g/mol.